The van der Waals surface area contributed by atoms with E-state index in [4.69, 9.17) is 5.10 Å². The van der Waals surface area contributed by atoms with Gasteiger partial charge in [0.1, 0.15) is 11.4 Å². The minimum Gasteiger partial charge on any atom is -0.508 e. The van der Waals surface area contributed by atoms with Crippen molar-refractivity contribution < 1.29 is 9.90 Å². The maximum Gasteiger partial charge on any atom is 0.246 e. The van der Waals surface area contributed by atoms with E-state index in [1.807, 2.05) is 63.6 Å². The van der Waals surface area contributed by atoms with E-state index < -0.39 is 0 Å². The molecule has 0 bridgehead atoms. The van der Waals surface area contributed by atoms with Gasteiger partial charge in [-0.3, -0.25) is 9.48 Å². The number of rotatable bonds is 6. The molecule has 2 aromatic heterocycles. The van der Waals surface area contributed by atoms with Gasteiger partial charge in [0, 0.05) is 49.7 Å². The molecule has 1 amide bonds. The van der Waals surface area contributed by atoms with Crippen LogP contribution in [-0.2, 0) is 11.3 Å². The number of thiophene rings is 1. The van der Waals surface area contributed by atoms with E-state index in [2.05, 4.69) is 23.1 Å². The number of phenols is 1. The first-order valence-electron chi connectivity index (χ1n) is 11.3. The van der Waals surface area contributed by atoms with Crippen molar-refractivity contribution in [3.8, 4) is 16.3 Å². The van der Waals surface area contributed by atoms with E-state index in [0.29, 0.717) is 19.6 Å². The number of nitrogens with zero attached hydrogens (tertiary/aromatic N) is 4. The second-order valence-electron chi connectivity index (χ2n) is 8.26. The molecule has 1 aliphatic heterocycles. The summed E-state index contributed by atoms with van der Waals surface area (Å²) >= 11 is 1.64. The van der Waals surface area contributed by atoms with Crippen molar-refractivity contribution in [2.24, 2.45) is 0 Å². The minimum absolute atomic E-state index is 0.0123. The van der Waals surface area contributed by atoms with Crippen molar-refractivity contribution in [1.82, 2.24) is 14.7 Å². The maximum atomic E-state index is 12.9. The van der Waals surface area contributed by atoms with Crippen LogP contribution in [0.15, 0.2) is 84.4 Å². The summed E-state index contributed by atoms with van der Waals surface area (Å²) in [4.78, 5) is 18.1. The molecule has 0 spiro atoms. The molecule has 34 heavy (non-hydrogen) atoms. The molecule has 4 aromatic rings. The molecule has 5 rings (SSSR count). The second-order valence-corrected chi connectivity index (χ2v) is 9.20. The average molecular weight is 471 g/mol. The van der Waals surface area contributed by atoms with Crippen LogP contribution in [0.4, 0.5) is 5.69 Å². The molecule has 172 valence electrons. The predicted octanol–water partition coefficient (Wildman–Crippen LogP) is 4.73. The summed E-state index contributed by atoms with van der Waals surface area (Å²) in [6.07, 6.45) is 5.56. The minimum atomic E-state index is 0.0123. The van der Waals surface area contributed by atoms with Crippen molar-refractivity contribution in [3.63, 3.8) is 0 Å². The number of aromatic hydroxyl groups is 1. The Morgan fingerprint density at radius 1 is 0.971 bits per heavy atom. The number of phenolic OH excluding ortho intramolecular Hbond substituents is 1. The van der Waals surface area contributed by atoms with Gasteiger partial charge in [0.25, 0.3) is 0 Å². The van der Waals surface area contributed by atoms with E-state index in [1.165, 1.54) is 5.56 Å². The highest BCUT2D eigenvalue weighted by Gasteiger charge is 2.20. The number of aromatic nitrogens is 2. The van der Waals surface area contributed by atoms with E-state index in [-0.39, 0.29) is 11.7 Å². The van der Waals surface area contributed by atoms with Gasteiger partial charge >= 0.3 is 0 Å². The fourth-order valence-corrected chi connectivity index (χ4v) is 4.86. The lowest BCUT2D eigenvalue weighted by Crippen LogP contribution is -2.48. The van der Waals surface area contributed by atoms with Crippen LogP contribution >= 0.6 is 11.3 Å². The zero-order valence-corrected chi connectivity index (χ0v) is 19.6. The van der Waals surface area contributed by atoms with Crippen molar-refractivity contribution in [1.29, 1.82) is 0 Å². The van der Waals surface area contributed by atoms with Crippen LogP contribution in [0.2, 0.25) is 0 Å². The molecule has 7 heteroatoms. The highest BCUT2D eigenvalue weighted by molar-refractivity contribution is 7.13. The van der Waals surface area contributed by atoms with Gasteiger partial charge in [0.15, 0.2) is 0 Å². The number of benzene rings is 2. The van der Waals surface area contributed by atoms with Crippen molar-refractivity contribution >= 4 is 29.0 Å². The molecule has 0 radical (unpaired) electrons. The van der Waals surface area contributed by atoms with E-state index >= 15 is 0 Å². The fraction of sp³-hybridized carbons (Fsp3) is 0.185. The maximum absolute atomic E-state index is 12.9. The topological polar surface area (TPSA) is 61.6 Å². The van der Waals surface area contributed by atoms with E-state index in [0.717, 1.165) is 34.9 Å². The Bertz CT molecular complexity index is 1260. The third kappa shape index (κ3) is 5.05. The Balaban J connectivity index is 1.27. The van der Waals surface area contributed by atoms with Crippen LogP contribution in [0.5, 0.6) is 5.75 Å². The molecule has 3 heterocycles. The molecule has 0 unspecified atom stereocenters. The van der Waals surface area contributed by atoms with Gasteiger partial charge in [-0.05, 0) is 47.4 Å². The lowest BCUT2D eigenvalue weighted by molar-refractivity contribution is -0.126. The summed E-state index contributed by atoms with van der Waals surface area (Å²) in [5.74, 6) is 0.273. The summed E-state index contributed by atoms with van der Waals surface area (Å²) in [6.45, 7) is 3.53. The zero-order chi connectivity index (χ0) is 23.3. The number of carbonyl (C=O) groups excluding carboxylic acids is 1. The normalized spacial score (nSPS) is 14.1. The van der Waals surface area contributed by atoms with Crippen molar-refractivity contribution in [2.75, 3.05) is 31.1 Å². The first kappa shape index (κ1) is 22.0. The number of anilines is 1. The lowest BCUT2D eigenvalue weighted by atomic mass is 10.2. The van der Waals surface area contributed by atoms with Gasteiger partial charge in [-0.2, -0.15) is 5.10 Å². The number of hydrogen-bond donors (Lipinski definition) is 1. The standard InChI is InChI=1S/C27H26N4O2S/c32-24-11-9-23(10-12-24)29-14-16-30(17-15-29)26(33)13-8-22-20-31(19-21-5-2-1-3-6-21)28-27(22)25-7-4-18-34-25/h1-13,18,20,32H,14-17,19H2/b13-8+. The molecular weight excluding hydrogens is 444 g/mol. The summed E-state index contributed by atoms with van der Waals surface area (Å²) < 4.78 is 1.94. The quantitative estimate of drug-likeness (QED) is 0.414. The van der Waals surface area contributed by atoms with Gasteiger partial charge in [-0.1, -0.05) is 36.4 Å². The molecule has 0 saturated carbocycles. The first-order valence-corrected chi connectivity index (χ1v) is 12.2. The van der Waals surface area contributed by atoms with Crippen LogP contribution in [0.3, 0.4) is 0 Å². The molecule has 2 aromatic carbocycles. The van der Waals surface area contributed by atoms with E-state index in [1.54, 1.807) is 29.5 Å². The van der Waals surface area contributed by atoms with Gasteiger partial charge in [-0.15, -0.1) is 11.3 Å². The van der Waals surface area contributed by atoms with Gasteiger partial charge in [0.2, 0.25) is 5.91 Å². The number of piperazine rings is 1. The van der Waals surface area contributed by atoms with Crippen LogP contribution in [-0.4, -0.2) is 51.9 Å². The zero-order valence-electron chi connectivity index (χ0n) is 18.7. The fourth-order valence-electron chi connectivity index (χ4n) is 4.13. The summed E-state index contributed by atoms with van der Waals surface area (Å²) in [5, 5.41) is 16.3. The molecule has 6 nitrogen and oxygen atoms in total. The Labute approximate surface area is 203 Å². The summed E-state index contributed by atoms with van der Waals surface area (Å²) in [6, 6.07) is 21.5. The van der Waals surface area contributed by atoms with Gasteiger partial charge < -0.3 is 14.9 Å². The monoisotopic (exact) mass is 470 g/mol. The third-order valence-electron chi connectivity index (χ3n) is 5.94. The van der Waals surface area contributed by atoms with E-state index in [9.17, 15) is 9.90 Å². The largest absolute Gasteiger partial charge is 0.508 e. The summed E-state index contributed by atoms with van der Waals surface area (Å²) in [7, 11) is 0. The van der Waals surface area contributed by atoms with Crippen LogP contribution in [0.25, 0.3) is 16.6 Å². The van der Waals surface area contributed by atoms with Crippen molar-refractivity contribution in [2.45, 2.75) is 6.54 Å². The Morgan fingerprint density at radius 2 is 1.74 bits per heavy atom. The van der Waals surface area contributed by atoms with Crippen LogP contribution in [0.1, 0.15) is 11.1 Å². The van der Waals surface area contributed by atoms with Gasteiger partial charge in [0.05, 0.1) is 11.4 Å². The SMILES string of the molecule is O=C(/C=C/c1cn(Cc2ccccc2)nc1-c1cccs1)N1CCN(c2ccc(O)cc2)CC1. The molecule has 1 aliphatic rings. The smallest absolute Gasteiger partial charge is 0.246 e. The average Bonchev–Trinajstić information content (AvgIpc) is 3.54. The van der Waals surface area contributed by atoms with Gasteiger partial charge in [-0.25, -0.2) is 0 Å². The molecule has 1 N–H and O–H groups in total. The second kappa shape index (κ2) is 9.97. The Kier molecular flexibility index (Phi) is 6.44. The molecule has 1 saturated heterocycles. The number of carbonyl (C=O) groups is 1. The molecule has 0 atom stereocenters. The number of hydrogen-bond acceptors (Lipinski definition) is 5. The van der Waals surface area contributed by atoms with Crippen molar-refractivity contribution in [3.05, 3.63) is 95.5 Å². The highest BCUT2D eigenvalue weighted by Crippen LogP contribution is 2.28. The molecule has 1 fully saturated rings. The highest BCUT2D eigenvalue weighted by atomic mass is 32.1. The predicted molar refractivity (Wildman–Crippen MR) is 137 cm³/mol. The molecular formula is C27H26N4O2S. The Morgan fingerprint density at radius 3 is 2.44 bits per heavy atom. The third-order valence-corrected chi connectivity index (χ3v) is 6.82. The van der Waals surface area contributed by atoms with Crippen LogP contribution < -0.4 is 4.90 Å². The molecule has 0 aliphatic carbocycles. The lowest BCUT2D eigenvalue weighted by Gasteiger charge is -2.35. The summed E-state index contributed by atoms with van der Waals surface area (Å²) in [5.41, 5.74) is 4.08. The first-order chi connectivity index (χ1) is 16.7. The van der Waals surface area contributed by atoms with Crippen LogP contribution in [0, 0.1) is 0 Å². The number of amides is 1. The Hall–Kier alpha value is -3.84.